The molecule has 108 valence electrons. The van der Waals surface area contributed by atoms with Crippen LogP contribution in [0.15, 0.2) is 48.8 Å². The third-order valence-electron chi connectivity index (χ3n) is 3.27. The van der Waals surface area contributed by atoms with Crippen molar-refractivity contribution in [2.24, 2.45) is 0 Å². The number of carbonyl (C=O) groups excluding carboxylic acids is 1. The molecular formula is C18H19NO2. The fourth-order valence-electron chi connectivity index (χ4n) is 2.07. The van der Waals surface area contributed by atoms with Gasteiger partial charge in [-0.1, -0.05) is 29.8 Å². The lowest BCUT2D eigenvalue weighted by Crippen LogP contribution is -2.06. The summed E-state index contributed by atoms with van der Waals surface area (Å²) in [6.45, 7) is 5.90. The molecule has 0 N–H and O–H groups in total. The lowest BCUT2D eigenvalue weighted by molar-refractivity contribution is -0.142. The maximum atomic E-state index is 11.8. The van der Waals surface area contributed by atoms with E-state index in [1.165, 1.54) is 11.6 Å². The summed E-state index contributed by atoms with van der Waals surface area (Å²) in [5.41, 5.74) is 4.24. The van der Waals surface area contributed by atoms with Crippen LogP contribution in [0.3, 0.4) is 0 Å². The Morgan fingerprint density at radius 3 is 2.76 bits per heavy atom. The van der Waals surface area contributed by atoms with E-state index < -0.39 is 0 Å². The zero-order chi connectivity index (χ0) is 15.2. The standard InChI is InChI=1S/C18H19NO2/c1-13-6-7-16(14(2)11-13)8-9-18(20)21-15(3)17-5-4-10-19-12-17/h4-12,15H,1-3H3/b9-8+. The maximum Gasteiger partial charge on any atom is 0.331 e. The molecular weight excluding hydrogens is 262 g/mol. The van der Waals surface area contributed by atoms with E-state index in [1.54, 1.807) is 18.5 Å². The molecule has 2 aromatic rings. The van der Waals surface area contributed by atoms with Crippen molar-refractivity contribution in [2.45, 2.75) is 26.9 Å². The van der Waals surface area contributed by atoms with Crippen molar-refractivity contribution in [3.8, 4) is 0 Å². The number of esters is 1. The van der Waals surface area contributed by atoms with E-state index in [0.29, 0.717) is 0 Å². The van der Waals surface area contributed by atoms with Gasteiger partial charge in [0.15, 0.2) is 0 Å². The molecule has 1 aromatic heterocycles. The molecule has 0 aliphatic heterocycles. The minimum atomic E-state index is -0.355. The van der Waals surface area contributed by atoms with E-state index in [-0.39, 0.29) is 12.1 Å². The highest BCUT2D eigenvalue weighted by Gasteiger charge is 2.09. The number of ether oxygens (including phenoxy) is 1. The first kappa shape index (κ1) is 15.0. The highest BCUT2D eigenvalue weighted by atomic mass is 16.5. The number of hydrogen-bond acceptors (Lipinski definition) is 3. The van der Waals surface area contributed by atoms with E-state index >= 15 is 0 Å². The second kappa shape index (κ2) is 6.84. The van der Waals surface area contributed by atoms with Crippen LogP contribution in [0.2, 0.25) is 0 Å². The lowest BCUT2D eigenvalue weighted by atomic mass is 10.1. The van der Waals surface area contributed by atoms with Gasteiger partial charge >= 0.3 is 5.97 Å². The number of pyridine rings is 1. The van der Waals surface area contributed by atoms with Crippen molar-refractivity contribution in [3.05, 3.63) is 71.1 Å². The summed E-state index contributed by atoms with van der Waals surface area (Å²) >= 11 is 0. The number of aromatic nitrogens is 1. The van der Waals surface area contributed by atoms with Crippen molar-refractivity contribution in [1.29, 1.82) is 0 Å². The van der Waals surface area contributed by atoms with E-state index in [1.807, 2.05) is 45.0 Å². The predicted molar refractivity (Wildman–Crippen MR) is 83.7 cm³/mol. The number of hydrogen-bond donors (Lipinski definition) is 0. The molecule has 21 heavy (non-hydrogen) atoms. The molecule has 0 bridgehead atoms. The van der Waals surface area contributed by atoms with E-state index in [9.17, 15) is 4.79 Å². The molecule has 0 saturated heterocycles. The molecule has 0 aliphatic carbocycles. The fraction of sp³-hybridized carbons (Fsp3) is 0.222. The summed E-state index contributed by atoms with van der Waals surface area (Å²) in [7, 11) is 0. The first-order valence-electron chi connectivity index (χ1n) is 6.92. The smallest absolute Gasteiger partial charge is 0.331 e. The Labute approximate surface area is 125 Å². The molecule has 0 saturated carbocycles. The Balaban J connectivity index is 2.00. The minimum absolute atomic E-state index is 0.310. The van der Waals surface area contributed by atoms with Crippen LogP contribution in [0.25, 0.3) is 6.08 Å². The number of carbonyl (C=O) groups is 1. The first-order valence-corrected chi connectivity index (χ1v) is 6.92. The zero-order valence-electron chi connectivity index (χ0n) is 12.5. The van der Waals surface area contributed by atoms with Gasteiger partial charge in [0.25, 0.3) is 0 Å². The SMILES string of the molecule is Cc1ccc(/C=C/C(=O)OC(C)c2cccnc2)c(C)c1. The zero-order valence-corrected chi connectivity index (χ0v) is 12.5. The molecule has 2 rings (SSSR count). The predicted octanol–water partition coefficient (Wildman–Crippen LogP) is 4.02. The summed E-state index contributed by atoms with van der Waals surface area (Å²) in [4.78, 5) is 15.9. The largest absolute Gasteiger partial charge is 0.455 e. The van der Waals surface area contributed by atoms with Crippen molar-refractivity contribution in [1.82, 2.24) is 4.98 Å². The molecule has 0 spiro atoms. The maximum absolute atomic E-state index is 11.8. The second-order valence-electron chi connectivity index (χ2n) is 5.06. The van der Waals surface area contributed by atoms with Gasteiger partial charge in [-0.15, -0.1) is 0 Å². The Kier molecular flexibility index (Phi) is 4.88. The third kappa shape index (κ3) is 4.28. The molecule has 1 heterocycles. The van der Waals surface area contributed by atoms with E-state index in [4.69, 9.17) is 4.74 Å². The van der Waals surface area contributed by atoms with Crippen LogP contribution in [0.4, 0.5) is 0 Å². The molecule has 0 radical (unpaired) electrons. The van der Waals surface area contributed by atoms with Gasteiger partial charge in [0.05, 0.1) is 0 Å². The second-order valence-corrected chi connectivity index (χ2v) is 5.06. The van der Waals surface area contributed by atoms with Gasteiger partial charge in [0, 0.05) is 24.0 Å². The van der Waals surface area contributed by atoms with Crippen molar-refractivity contribution in [2.75, 3.05) is 0 Å². The van der Waals surface area contributed by atoms with Crippen LogP contribution in [0.5, 0.6) is 0 Å². The Morgan fingerprint density at radius 2 is 2.10 bits per heavy atom. The average Bonchev–Trinajstić information content (AvgIpc) is 2.47. The van der Waals surface area contributed by atoms with Gasteiger partial charge in [0.1, 0.15) is 6.10 Å². The highest BCUT2D eigenvalue weighted by Crippen LogP contribution is 2.16. The third-order valence-corrected chi connectivity index (χ3v) is 3.27. The number of aryl methyl sites for hydroxylation is 2. The monoisotopic (exact) mass is 281 g/mol. The van der Waals surface area contributed by atoms with Crippen molar-refractivity contribution >= 4 is 12.0 Å². The molecule has 3 nitrogen and oxygen atoms in total. The number of benzene rings is 1. The molecule has 0 amide bonds. The molecule has 1 unspecified atom stereocenters. The quantitative estimate of drug-likeness (QED) is 0.627. The van der Waals surface area contributed by atoms with Gasteiger partial charge < -0.3 is 4.74 Å². The van der Waals surface area contributed by atoms with Crippen molar-refractivity contribution in [3.63, 3.8) is 0 Å². The number of rotatable bonds is 4. The first-order chi connectivity index (χ1) is 10.1. The van der Waals surface area contributed by atoms with Crippen LogP contribution in [0.1, 0.15) is 35.3 Å². The van der Waals surface area contributed by atoms with Crippen LogP contribution in [0, 0.1) is 13.8 Å². The minimum Gasteiger partial charge on any atom is -0.455 e. The molecule has 3 heteroatoms. The van der Waals surface area contributed by atoms with Crippen molar-refractivity contribution < 1.29 is 9.53 Å². The molecule has 1 aromatic carbocycles. The Morgan fingerprint density at radius 1 is 1.29 bits per heavy atom. The van der Waals surface area contributed by atoms with Gasteiger partial charge in [-0.3, -0.25) is 4.98 Å². The van der Waals surface area contributed by atoms with Gasteiger partial charge in [0.2, 0.25) is 0 Å². The lowest BCUT2D eigenvalue weighted by Gasteiger charge is -2.11. The van der Waals surface area contributed by atoms with Crippen LogP contribution < -0.4 is 0 Å². The summed E-state index contributed by atoms with van der Waals surface area (Å²) in [5.74, 6) is -0.355. The van der Waals surface area contributed by atoms with Crippen LogP contribution in [-0.4, -0.2) is 11.0 Å². The van der Waals surface area contributed by atoms with E-state index in [0.717, 1.165) is 16.7 Å². The summed E-state index contributed by atoms with van der Waals surface area (Å²) in [6, 6.07) is 9.82. The average molecular weight is 281 g/mol. The van der Waals surface area contributed by atoms with Gasteiger partial charge in [-0.05, 0) is 44.0 Å². The number of nitrogens with zero attached hydrogens (tertiary/aromatic N) is 1. The van der Waals surface area contributed by atoms with Gasteiger partial charge in [-0.25, -0.2) is 4.79 Å². The Bertz CT molecular complexity index is 648. The van der Waals surface area contributed by atoms with Crippen LogP contribution in [-0.2, 0) is 9.53 Å². The van der Waals surface area contributed by atoms with Crippen LogP contribution >= 0.6 is 0 Å². The molecule has 0 fully saturated rings. The topological polar surface area (TPSA) is 39.2 Å². The normalized spacial score (nSPS) is 12.3. The molecule has 0 aliphatic rings. The summed E-state index contributed by atoms with van der Waals surface area (Å²) < 4.78 is 5.36. The van der Waals surface area contributed by atoms with Gasteiger partial charge in [-0.2, -0.15) is 0 Å². The fourth-order valence-corrected chi connectivity index (χ4v) is 2.07. The molecule has 1 atom stereocenters. The van der Waals surface area contributed by atoms with E-state index in [2.05, 4.69) is 11.1 Å². The Hall–Kier alpha value is -2.42. The highest BCUT2D eigenvalue weighted by molar-refractivity contribution is 5.87. The summed E-state index contributed by atoms with van der Waals surface area (Å²) in [5, 5.41) is 0. The summed E-state index contributed by atoms with van der Waals surface area (Å²) in [6.07, 6.45) is 6.33.